The predicted molar refractivity (Wildman–Crippen MR) is 146 cm³/mol. The number of imidazole rings is 1. The van der Waals surface area contributed by atoms with Gasteiger partial charge in [-0.15, -0.1) is 0 Å². The van der Waals surface area contributed by atoms with E-state index >= 15 is 0 Å². The molecule has 0 unspecified atom stereocenters. The summed E-state index contributed by atoms with van der Waals surface area (Å²) in [4.78, 5) is 14.1. The number of fused-ring (bicyclic) bond motifs is 3. The Morgan fingerprint density at radius 3 is 2.45 bits per heavy atom. The number of ether oxygens (including phenoxy) is 2. The van der Waals surface area contributed by atoms with Gasteiger partial charge in [0.15, 0.2) is 0 Å². The fourth-order valence-electron chi connectivity index (χ4n) is 5.02. The molecule has 0 atom stereocenters. The molecule has 0 aliphatic carbocycles. The Balaban J connectivity index is 1.57. The molecule has 38 heavy (non-hydrogen) atoms. The molecule has 0 fully saturated rings. The van der Waals surface area contributed by atoms with Gasteiger partial charge in [0.25, 0.3) is 0 Å². The minimum Gasteiger partial charge on any atom is -0.497 e. The first-order valence-electron chi connectivity index (χ1n) is 12.4. The van der Waals surface area contributed by atoms with Crippen LogP contribution in [0.5, 0.6) is 11.5 Å². The molecule has 2 aromatic carbocycles. The average Bonchev–Trinajstić information content (AvgIpc) is 3.47. The molecule has 8 nitrogen and oxygen atoms in total. The SMILES string of the molecule is COc1ccc(Cn2c(Cc3cccnc3)nc3cnc4cc(-c5c(C)noc5C)c(OC)cc4c32)cc1. The standard InChI is InChI=1S/C30H27N5O3/c1-18-29(19(2)38-34-18)24-13-25-23(14-27(24)37-4)30-26(16-32-25)33-28(12-21-6-5-11-31-15-21)35(30)17-20-7-9-22(36-3)10-8-20/h5-11,13-16H,12,17H2,1-4H3. The number of benzene rings is 2. The van der Waals surface area contributed by atoms with Gasteiger partial charge in [-0.05, 0) is 55.3 Å². The minimum absolute atomic E-state index is 0.642. The summed E-state index contributed by atoms with van der Waals surface area (Å²) in [5.74, 6) is 3.23. The van der Waals surface area contributed by atoms with Gasteiger partial charge in [0.1, 0.15) is 28.6 Å². The third-order valence-electron chi connectivity index (χ3n) is 6.86. The Labute approximate surface area is 219 Å². The second kappa shape index (κ2) is 9.63. The lowest BCUT2D eigenvalue weighted by atomic mass is 10.0. The van der Waals surface area contributed by atoms with E-state index in [-0.39, 0.29) is 0 Å². The Morgan fingerprint density at radius 1 is 0.921 bits per heavy atom. The molecule has 4 heterocycles. The minimum atomic E-state index is 0.642. The van der Waals surface area contributed by atoms with Crippen LogP contribution in [0, 0.1) is 13.8 Å². The van der Waals surface area contributed by atoms with E-state index in [1.807, 2.05) is 56.6 Å². The quantitative estimate of drug-likeness (QED) is 0.267. The molecule has 0 radical (unpaired) electrons. The molecular formula is C30H27N5O3. The zero-order valence-electron chi connectivity index (χ0n) is 21.7. The number of nitrogens with zero attached hydrogens (tertiary/aromatic N) is 5. The van der Waals surface area contributed by atoms with Crippen molar-refractivity contribution in [1.29, 1.82) is 0 Å². The largest absolute Gasteiger partial charge is 0.497 e. The van der Waals surface area contributed by atoms with Gasteiger partial charge < -0.3 is 18.6 Å². The van der Waals surface area contributed by atoms with Crippen LogP contribution < -0.4 is 9.47 Å². The van der Waals surface area contributed by atoms with Crippen molar-refractivity contribution in [2.24, 2.45) is 0 Å². The van der Waals surface area contributed by atoms with Crippen LogP contribution in [0.4, 0.5) is 0 Å². The average molecular weight is 506 g/mol. The van der Waals surface area contributed by atoms with Gasteiger partial charge in [0.2, 0.25) is 0 Å². The summed E-state index contributed by atoms with van der Waals surface area (Å²) < 4.78 is 18.9. The summed E-state index contributed by atoms with van der Waals surface area (Å²) in [7, 11) is 3.35. The summed E-state index contributed by atoms with van der Waals surface area (Å²) >= 11 is 0. The van der Waals surface area contributed by atoms with Crippen LogP contribution in [0.3, 0.4) is 0 Å². The molecule has 0 saturated carbocycles. The van der Waals surface area contributed by atoms with Crippen LogP contribution in [-0.4, -0.2) is 38.9 Å². The first kappa shape index (κ1) is 23.7. The van der Waals surface area contributed by atoms with Crippen LogP contribution in [0.15, 0.2) is 71.6 Å². The molecule has 4 aromatic heterocycles. The summed E-state index contributed by atoms with van der Waals surface area (Å²) in [6, 6.07) is 16.2. The molecule has 0 saturated heterocycles. The van der Waals surface area contributed by atoms with E-state index in [0.717, 1.165) is 73.0 Å². The lowest BCUT2D eigenvalue weighted by Gasteiger charge is -2.14. The highest BCUT2D eigenvalue weighted by molar-refractivity contribution is 6.05. The fourth-order valence-corrected chi connectivity index (χ4v) is 5.02. The van der Waals surface area contributed by atoms with Gasteiger partial charge >= 0.3 is 0 Å². The lowest BCUT2D eigenvalue weighted by Crippen LogP contribution is -2.06. The van der Waals surface area contributed by atoms with Gasteiger partial charge in [0, 0.05) is 36.3 Å². The predicted octanol–water partition coefficient (Wildman–Crippen LogP) is 5.91. The number of pyridine rings is 2. The summed E-state index contributed by atoms with van der Waals surface area (Å²) in [5.41, 5.74) is 7.55. The van der Waals surface area contributed by atoms with Crippen molar-refractivity contribution < 1.29 is 14.0 Å². The first-order chi connectivity index (χ1) is 18.6. The van der Waals surface area contributed by atoms with Gasteiger partial charge in [0.05, 0.1) is 42.7 Å². The third-order valence-corrected chi connectivity index (χ3v) is 6.86. The molecule has 0 N–H and O–H groups in total. The number of rotatable bonds is 7. The molecule has 8 heteroatoms. The van der Waals surface area contributed by atoms with Gasteiger partial charge in [-0.2, -0.15) is 0 Å². The van der Waals surface area contributed by atoms with Crippen LogP contribution in [0.25, 0.3) is 33.1 Å². The highest BCUT2D eigenvalue weighted by atomic mass is 16.5. The maximum atomic E-state index is 5.87. The number of hydrogen-bond acceptors (Lipinski definition) is 7. The Morgan fingerprint density at radius 2 is 1.76 bits per heavy atom. The number of aromatic nitrogens is 5. The fraction of sp³-hybridized carbons (Fsp3) is 0.200. The van der Waals surface area contributed by atoms with E-state index in [1.54, 1.807) is 20.4 Å². The van der Waals surface area contributed by atoms with E-state index < -0.39 is 0 Å². The van der Waals surface area contributed by atoms with Gasteiger partial charge in [-0.3, -0.25) is 9.97 Å². The first-order valence-corrected chi connectivity index (χ1v) is 12.4. The Kier molecular flexibility index (Phi) is 5.99. The Bertz CT molecular complexity index is 1740. The molecular weight excluding hydrogens is 478 g/mol. The van der Waals surface area contributed by atoms with Crippen LogP contribution in [0.1, 0.15) is 28.4 Å². The zero-order valence-corrected chi connectivity index (χ0v) is 21.7. The van der Waals surface area contributed by atoms with E-state index in [2.05, 4.69) is 32.9 Å². The van der Waals surface area contributed by atoms with Crippen molar-refractivity contribution in [1.82, 2.24) is 24.7 Å². The molecule has 6 rings (SSSR count). The van der Waals surface area contributed by atoms with Crippen LogP contribution in [-0.2, 0) is 13.0 Å². The highest BCUT2D eigenvalue weighted by Crippen LogP contribution is 2.39. The lowest BCUT2D eigenvalue weighted by molar-refractivity contribution is 0.393. The maximum absolute atomic E-state index is 5.87. The van der Waals surface area contributed by atoms with Crippen LogP contribution >= 0.6 is 0 Å². The van der Waals surface area contributed by atoms with Crippen molar-refractivity contribution in [3.05, 3.63) is 95.5 Å². The third kappa shape index (κ3) is 4.14. The smallest absolute Gasteiger partial charge is 0.141 e. The van der Waals surface area contributed by atoms with Crippen molar-refractivity contribution in [3.8, 4) is 22.6 Å². The van der Waals surface area contributed by atoms with E-state index in [1.165, 1.54) is 0 Å². The van der Waals surface area contributed by atoms with E-state index in [0.29, 0.717) is 13.0 Å². The van der Waals surface area contributed by atoms with Gasteiger partial charge in [-0.25, -0.2) is 4.98 Å². The van der Waals surface area contributed by atoms with Crippen molar-refractivity contribution in [2.75, 3.05) is 14.2 Å². The summed E-state index contributed by atoms with van der Waals surface area (Å²) in [5, 5.41) is 5.10. The number of aryl methyl sites for hydroxylation is 2. The zero-order chi connectivity index (χ0) is 26.2. The molecule has 0 bridgehead atoms. The van der Waals surface area contributed by atoms with Gasteiger partial charge in [-0.1, -0.05) is 23.4 Å². The monoisotopic (exact) mass is 505 g/mol. The molecule has 0 amide bonds. The second-order valence-electron chi connectivity index (χ2n) is 9.26. The molecule has 6 aromatic rings. The Hall–Kier alpha value is -4.72. The summed E-state index contributed by atoms with van der Waals surface area (Å²) in [6.07, 6.45) is 6.16. The van der Waals surface area contributed by atoms with Crippen molar-refractivity contribution >= 4 is 21.9 Å². The van der Waals surface area contributed by atoms with E-state index in [4.69, 9.17) is 24.0 Å². The topological polar surface area (TPSA) is 88.1 Å². The van der Waals surface area contributed by atoms with Crippen molar-refractivity contribution in [2.45, 2.75) is 26.8 Å². The van der Waals surface area contributed by atoms with E-state index in [9.17, 15) is 0 Å². The number of methoxy groups -OCH3 is 2. The molecule has 0 spiro atoms. The highest BCUT2D eigenvalue weighted by Gasteiger charge is 2.21. The maximum Gasteiger partial charge on any atom is 0.141 e. The molecule has 0 aliphatic heterocycles. The summed E-state index contributed by atoms with van der Waals surface area (Å²) in [6.45, 7) is 4.48. The number of hydrogen-bond donors (Lipinski definition) is 0. The normalized spacial score (nSPS) is 11.4. The molecule has 190 valence electrons. The second-order valence-corrected chi connectivity index (χ2v) is 9.26. The van der Waals surface area contributed by atoms with Crippen LogP contribution in [0.2, 0.25) is 0 Å². The molecule has 0 aliphatic rings. The van der Waals surface area contributed by atoms with Crippen molar-refractivity contribution in [3.63, 3.8) is 0 Å².